The summed E-state index contributed by atoms with van der Waals surface area (Å²) in [5.74, 6) is -2.68. The fourth-order valence-corrected chi connectivity index (χ4v) is 4.49. The molecule has 1 aromatic heterocycles. The molecule has 0 saturated carbocycles. The Morgan fingerprint density at radius 1 is 1.29 bits per heavy atom. The van der Waals surface area contributed by atoms with Crippen molar-refractivity contribution in [1.82, 2.24) is 24.9 Å². The van der Waals surface area contributed by atoms with Crippen LogP contribution in [0.2, 0.25) is 5.02 Å². The van der Waals surface area contributed by atoms with Gasteiger partial charge in [0.1, 0.15) is 10.8 Å². The fourth-order valence-electron chi connectivity index (χ4n) is 4.33. The lowest BCUT2D eigenvalue weighted by Crippen LogP contribution is -2.44. The Bertz CT molecular complexity index is 1110. The summed E-state index contributed by atoms with van der Waals surface area (Å²) in [4.78, 5) is 28.9. The minimum absolute atomic E-state index is 0.00735. The van der Waals surface area contributed by atoms with Gasteiger partial charge in [0.25, 0.3) is 12.3 Å². The summed E-state index contributed by atoms with van der Waals surface area (Å²) in [6.45, 7) is 1.42. The normalized spacial score (nSPS) is 18.6. The number of amides is 3. The average molecular weight is 503 g/mol. The highest BCUT2D eigenvalue weighted by Crippen LogP contribution is 2.29. The largest absolute Gasteiger partial charge is 0.328 e. The molecule has 34 heavy (non-hydrogen) atoms. The molecule has 2 aliphatic rings. The van der Waals surface area contributed by atoms with Crippen LogP contribution in [0.4, 0.5) is 28.0 Å². The number of imide groups is 1. The first-order valence-electron chi connectivity index (χ1n) is 10.7. The van der Waals surface area contributed by atoms with Crippen LogP contribution in [-0.4, -0.2) is 71.2 Å². The Kier molecular flexibility index (Phi) is 7.10. The van der Waals surface area contributed by atoms with Gasteiger partial charge >= 0.3 is 6.03 Å². The lowest BCUT2D eigenvalue weighted by atomic mass is 10.0. The number of benzene rings is 1. The van der Waals surface area contributed by atoms with Crippen LogP contribution in [0.1, 0.15) is 21.7 Å². The highest BCUT2D eigenvalue weighted by Gasteiger charge is 2.37. The smallest absolute Gasteiger partial charge is 0.311 e. The summed E-state index contributed by atoms with van der Waals surface area (Å²) in [6.07, 6.45) is -2.13. The van der Waals surface area contributed by atoms with E-state index in [0.717, 1.165) is 17.0 Å². The molecule has 0 saturated heterocycles. The van der Waals surface area contributed by atoms with Crippen LogP contribution in [0.3, 0.4) is 0 Å². The number of halogens is 5. The zero-order valence-electron chi connectivity index (χ0n) is 18.3. The van der Waals surface area contributed by atoms with Crippen LogP contribution in [0, 0.1) is 17.6 Å². The van der Waals surface area contributed by atoms with E-state index in [2.05, 4.69) is 15.7 Å². The number of rotatable bonds is 5. The molecule has 1 unspecified atom stereocenters. The van der Waals surface area contributed by atoms with Gasteiger partial charge in [-0.25, -0.2) is 22.4 Å². The SMILES string of the molecule is CN1Cc2c3c(nn2CC(CNCC(F)F)C1)CCN(C(=O)Nc1ccc(F)c(Cl)c1F)C3=O. The number of carbonyl (C=O) groups is 2. The minimum atomic E-state index is -2.44. The van der Waals surface area contributed by atoms with E-state index in [1.807, 2.05) is 11.9 Å². The molecule has 8 nitrogen and oxygen atoms in total. The molecule has 1 aromatic carbocycles. The molecule has 0 fully saturated rings. The maximum Gasteiger partial charge on any atom is 0.328 e. The van der Waals surface area contributed by atoms with E-state index in [1.165, 1.54) is 0 Å². The number of hydrogen-bond acceptors (Lipinski definition) is 5. The van der Waals surface area contributed by atoms with E-state index in [1.54, 1.807) is 4.68 Å². The van der Waals surface area contributed by atoms with Crippen LogP contribution < -0.4 is 10.6 Å². The number of carbonyl (C=O) groups excluding carboxylic acids is 2. The van der Waals surface area contributed by atoms with Crippen molar-refractivity contribution in [2.24, 2.45) is 5.92 Å². The van der Waals surface area contributed by atoms with E-state index in [-0.39, 0.29) is 18.2 Å². The third-order valence-electron chi connectivity index (χ3n) is 5.84. The predicted molar refractivity (Wildman–Crippen MR) is 116 cm³/mol. The zero-order chi connectivity index (χ0) is 24.6. The summed E-state index contributed by atoms with van der Waals surface area (Å²) < 4.78 is 54.3. The lowest BCUT2D eigenvalue weighted by molar-refractivity contribution is 0.0795. The van der Waals surface area contributed by atoms with Gasteiger partial charge in [-0.15, -0.1) is 0 Å². The van der Waals surface area contributed by atoms with Crippen molar-refractivity contribution in [2.45, 2.75) is 25.9 Å². The van der Waals surface area contributed by atoms with Gasteiger partial charge in [0, 0.05) is 45.1 Å². The van der Waals surface area contributed by atoms with Crippen molar-refractivity contribution in [3.63, 3.8) is 0 Å². The molecule has 0 bridgehead atoms. The number of anilines is 1. The molecule has 13 heteroatoms. The van der Waals surface area contributed by atoms with Crippen LogP contribution in [0.25, 0.3) is 0 Å². The van der Waals surface area contributed by atoms with E-state index >= 15 is 0 Å². The Hall–Kier alpha value is -2.70. The van der Waals surface area contributed by atoms with Crippen LogP contribution in [0.15, 0.2) is 12.1 Å². The first-order valence-corrected chi connectivity index (χ1v) is 11.1. The maximum absolute atomic E-state index is 14.2. The van der Waals surface area contributed by atoms with E-state index in [4.69, 9.17) is 11.6 Å². The summed E-state index contributed by atoms with van der Waals surface area (Å²) >= 11 is 5.56. The summed E-state index contributed by atoms with van der Waals surface area (Å²) in [5.41, 5.74) is 1.15. The Morgan fingerprint density at radius 3 is 2.79 bits per heavy atom. The van der Waals surface area contributed by atoms with Gasteiger partial charge in [-0.2, -0.15) is 5.10 Å². The highest BCUT2D eigenvalue weighted by molar-refractivity contribution is 6.31. The molecule has 3 heterocycles. The number of alkyl halides is 2. The Labute approximate surface area is 197 Å². The number of nitrogens with one attached hydrogen (secondary N) is 2. The first kappa shape index (κ1) is 24.4. The summed E-state index contributed by atoms with van der Waals surface area (Å²) in [7, 11) is 1.86. The quantitative estimate of drug-likeness (QED) is 0.485. The fraction of sp³-hybridized carbons (Fsp3) is 0.476. The molecular formula is C21H23ClF4N6O2. The first-order chi connectivity index (χ1) is 16.2. The van der Waals surface area contributed by atoms with Gasteiger partial charge in [0.15, 0.2) is 5.82 Å². The second-order valence-corrected chi connectivity index (χ2v) is 8.80. The number of aromatic nitrogens is 2. The van der Waals surface area contributed by atoms with Gasteiger partial charge in [0.05, 0.1) is 29.2 Å². The molecule has 2 aliphatic heterocycles. The van der Waals surface area contributed by atoms with E-state index in [0.29, 0.717) is 49.6 Å². The molecule has 0 spiro atoms. The molecular weight excluding hydrogens is 480 g/mol. The molecule has 2 aromatic rings. The van der Waals surface area contributed by atoms with Crippen LogP contribution in [0.5, 0.6) is 0 Å². The van der Waals surface area contributed by atoms with Gasteiger partial charge in [-0.3, -0.25) is 14.4 Å². The highest BCUT2D eigenvalue weighted by atomic mass is 35.5. The van der Waals surface area contributed by atoms with E-state index < -0.39 is 41.6 Å². The number of urea groups is 1. The van der Waals surface area contributed by atoms with Crippen molar-refractivity contribution in [3.05, 3.63) is 45.7 Å². The Morgan fingerprint density at radius 2 is 2.06 bits per heavy atom. The summed E-state index contributed by atoms with van der Waals surface area (Å²) in [5, 5.41) is 8.83. The molecule has 1 atom stereocenters. The topological polar surface area (TPSA) is 82.5 Å². The van der Waals surface area contributed by atoms with Crippen molar-refractivity contribution >= 4 is 29.2 Å². The third kappa shape index (κ3) is 4.89. The maximum atomic E-state index is 14.2. The second kappa shape index (κ2) is 9.88. The molecule has 0 aliphatic carbocycles. The number of fused-ring (bicyclic) bond motifs is 3. The zero-order valence-corrected chi connectivity index (χ0v) is 19.0. The molecule has 0 radical (unpaired) electrons. The van der Waals surface area contributed by atoms with Crippen molar-refractivity contribution in [2.75, 3.05) is 38.5 Å². The Balaban J connectivity index is 1.53. The standard InChI is InChI=1S/C21H23ClF4N6O2/c1-30-8-11(6-27-7-16(24)25)9-32-15(10-30)17-13(29-32)4-5-31(20(17)33)21(34)28-14-3-2-12(23)18(22)19(14)26/h2-3,11,16,27H,4-10H2,1H3,(H,28,34). The third-order valence-corrected chi connectivity index (χ3v) is 6.18. The molecule has 2 N–H and O–H groups in total. The predicted octanol–water partition coefficient (Wildman–Crippen LogP) is 2.96. The van der Waals surface area contributed by atoms with Crippen LogP contribution in [-0.2, 0) is 19.5 Å². The lowest BCUT2D eigenvalue weighted by Gasteiger charge is -2.26. The molecule has 3 amide bonds. The second-order valence-electron chi connectivity index (χ2n) is 8.42. The van der Waals surface area contributed by atoms with E-state index in [9.17, 15) is 27.2 Å². The molecule has 184 valence electrons. The van der Waals surface area contributed by atoms with Gasteiger partial charge in [0.2, 0.25) is 0 Å². The summed E-state index contributed by atoms with van der Waals surface area (Å²) in [6, 6.07) is 1.07. The van der Waals surface area contributed by atoms with Crippen molar-refractivity contribution in [3.8, 4) is 0 Å². The monoisotopic (exact) mass is 502 g/mol. The van der Waals surface area contributed by atoms with Gasteiger partial charge < -0.3 is 15.5 Å². The number of hydrogen-bond donors (Lipinski definition) is 2. The van der Waals surface area contributed by atoms with Gasteiger partial charge in [-0.1, -0.05) is 11.6 Å². The van der Waals surface area contributed by atoms with Crippen molar-refractivity contribution in [1.29, 1.82) is 0 Å². The molecule has 4 rings (SSSR count). The van der Waals surface area contributed by atoms with Gasteiger partial charge in [-0.05, 0) is 19.2 Å². The number of nitrogens with zero attached hydrogens (tertiary/aromatic N) is 4. The minimum Gasteiger partial charge on any atom is -0.311 e. The van der Waals surface area contributed by atoms with Crippen molar-refractivity contribution < 1.29 is 27.2 Å². The van der Waals surface area contributed by atoms with Crippen LogP contribution >= 0.6 is 11.6 Å². The average Bonchev–Trinajstić information content (AvgIpc) is 3.03.